The van der Waals surface area contributed by atoms with Crippen LogP contribution < -0.4 is 4.46 Å². The summed E-state index contributed by atoms with van der Waals surface area (Å²) in [5.74, 6) is 0. The molecule has 0 saturated heterocycles. The third-order valence-electron chi connectivity index (χ3n) is 4.27. The fourth-order valence-electron chi connectivity index (χ4n) is 3.08. The van der Waals surface area contributed by atoms with Gasteiger partial charge in [-0.2, -0.15) is 0 Å². The molecule has 4 aromatic carbocycles. The molecule has 0 N–H and O–H groups in total. The van der Waals surface area contributed by atoms with Crippen molar-refractivity contribution in [1.82, 2.24) is 0 Å². The Labute approximate surface area is 154 Å². The quantitative estimate of drug-likeness (QED) is 0.200. The molecule has 0 aliphatic carbocycles. The van der Waals surface area contributed by atoms with Gasteiger partial charge in [0.25, 0.3) is 0 Å². The Kier molecular flexibility index (Phi) is 4.92. The molecular formula is C23H19NSe. The molecule has 25 heavy (non-hydrogen) atoms. The molecule has 0 bridgehead atoms. The molecule has 0 aromatic heterocycles. The van der Waals surface area contributed by atoms with Gasteiger partial charge in [-0.15, -0.1) is 0 Å². The molecule has 0 unspecified atom stereocenters. The number of benzene rings is 4. The van der Waals surface area contributed by atoms with Gasteiger partial charge in [-0.1, -0.05) is 0 Å². The van der Waals surface area contributed by atoms with Crippen molar-refractivity contribution in [2.24, 2.45) is 4.99 Å². The Balaban J connectivity index is 1.59. The van der Waals surface area contributed by atoms with Gasteiger partial charge in [-0.3, -0.25) is 0 Å². The monoisotopic (exact) mass is 389 g/mol. The molecule has 4 aromatic rings. The van der Waals surface area contributed by atoms with Gasteiger partial charge in [0.2, 0.25) is 0 Å². The van der Waals surface area contributed by atoms with Crippen molar-refractivity contribution in [1.29, 1.82) is 0 Å². The molecule has 0 atom stereocenters. The summed E-state index contributed by atoms with van der Waals surface area (Å²) in [5.41, 5.74) is 1.24. The van der Waals surface area contributed by atoms with Crippen molar-refractivity contribution in [2.75, 3.05) is 6.54 Å². The van der Waals surface area contributed by atoms with Gasteiger partial charge in [-0.25, -0.2) is 0 Å². The van der Waals surface area contributed by atoms with E-state index in [0.717, 1.165) is 11.9 Å². The van der Waals surface area contributed by atoms with E-state index < -0.39 is 0 Å². The number of fused-ring (bicyclic) bond motifs is 2. The van der Waals surface area contributed by atoms with E-state index in [1.54, 1.807) is 0 Å². The minimum atomic E-state index is 0.499. The predicted molar refractivity (Wildman–Crippen MR) is 111 cm³/mol. The van der Waals surface area contributed by atoms with Gasteiger partial charge >= 0.3 is 155 Å². The average molecular weight is 388 g/mol. The second kappa shape index (κ2) is 7.65. The van der Waals surface area contributed by atoms with Crippen molar-refractivity contribution in [2.45, 2.75) is 5.32 Å². The summed E-state index contributed by atoms with van der Waals surface area (Å²) in [6, 6.07) is 30.1. The zero-order valence-corrected chi connectivity index (χ0v) is 15.6. The van der Waals surface area contributed by atoms with Gasteiger partial charge in [0.15, 0.2) is 0 Å². The van der Waals surface area contributed by atoms with E-state index in [0.29, 0.717) is 15.0 Å². The molecule has 4 rings (SSSR count). The first-order chi connectivity index (χ1) is 12.4. The summed E-state index contributed by atoms with van der Waals surface area (Å²) in [6.45, 7) is 0.881. The third kappa shape index (κ3) is 3.66. The van der Waals surface area contributed by atoms with Crippen LogP contribution in [0, 0.1) is 0 Å². The summed E-state index contributed by atoms with van der Waals surface area (Å²) in [5, 5.41) is 6.24. The Hall–Kier alpha value is -2.41. The summed E-state index contributed by atoms with van der Waals surface area (Å²) >= 11 is 0.499. The fraction of sp³-hybridized carbons (Fsp3) is 0.0870. The van der Waals surface area contributed by atoms with Gasteiger partial charge < -0.3 is 0 Å². The third-order valence-corrected chi connectivity index (χ3v) is 6.35. The Bertz CT molecular complexity index is 968. The Morgan fingerprint density at radius 1 is 0.720 bits per heavy atom. The van der Waals surface area contributed by atoms with Gasteiger partial charge in [0, 0.05) is 0 Å². The molecule has 0 spiro atoms. The van der Waals surface area contributed by atoms with E-state index in [-0.39, 0.29) is 0 Å². The molecule has 122 valence electrons. The maximum atomic E-state index is 4.75. The van der Waals surface area contributed by atoms with Crippen LogP contribution in [-0.4, -0.2) is 27.7 Å². The van der Waals surface area contributed by atoms with Gasteiger partial charge in [0.05, 0.1) is 0 Å². The van der Waals surface area contributed by atoms with E-state index in [2.05, 4.69) is 91.1 Å². The number of hydrogen-bond acceptors (Lipinski definition) is 1. The number of aliphatic imine (C=N–C) groups is 1. The van der Waals surface area contributed by atoms with E-state index in [1.807, 2.05) is 0 Å². The van der Waals surface area contributed by atoms with Crippen LogP contribution in [-0.2, 0) is 0 Å². The zero-order chi connectivity index (χ0) is 16.9. The summed E-state index contributed by atoms with van der Waals surface area (Å²) < 4.78 is 1.45. The van der Waals surface area contributed by atoms with Crippen LogP contribution in [0.2, 0.25) is 5.32 Å². The molecule has 1 nitrogen and oxygen atoms in total. The van der Waals surface area contributed by atoms with Gasteiger partial charge in [0.1, 0.15) is 0 Å². The number of hydrogen-bond donors (Lipinski definition) is 0. The summed E-state index contributed by atoms with van der Waals surface area (Å²) in [7, 11) is 0. The molecule has 0 aliphatic heterocycles. The fourth-order valence-corrected chi connectivity index (χ4v) is 4.72. The second-order valence-corrected chi connectivity index (χ2v) is 8.38. The van der Waals surface area contributed by atoms with E-state index in [1.165, 1.54) is 31.6 Å². The first kappa shape index (κ1) is 16.1. The zero-order valence-electron chi connectivity index (χ0n) is 13.9. The topological polar surface area (TPSA) is 12.4 Å². The first-order valence-electron chi connectivity index (χ1n) is 8.50. The Morgan fingerprint density at radius 3 is 2.00 bits per heavy atom. The van der Waals surface area contributed by atoms with Crippen LogP contribution in [0.5, 0.6) is 0 Å². The minimum absolute atomic E-state index is 0.499. The van der Waals surface area contributed by atoms with Crippen molar-refractivity contribution >= 4 is 47.2 Å². The standard InChI is InChI=1S/C23H19NSe/c1-2-10-20(11-3-1)25-15-14-24-17-23-21-12-6-4-8-18(21)16-19-9-5-7-13-22(19)23/h1-13,16-17H,14-15H2. The van der Waals surface area contributed by atoms with Crippen LogP contribution in [0.1, 0.15) is 5.56 Å². The van der Waals surface area contributed by atoms with Gasteiger partial charge in [-0.05, 0) is 0 Å². The molecule has 0 fully saturated rings. The maximum absolute atomic E-state index is 4.75. The van der Waals surface area contributed by atoms with E-state index >= 15 is 0 Å². The van der Waals surface area contributed by atoms with E-state index in [9.17, 15) is 0 Å². The normalized spacial score (nSPS) is 11.5. The van der Waals surface area contributed by atoms with Crippen molar-refractivity contribution in [3.63, 3.8) is 0 Å². The van der Waals surface area contributed by atoms with Crippen LogP contribution >= 0.6 is 0 Å². The first-order valence-corrected chi connectivity index (χ1v) is 10.6. The summed E-state index contributed by atoms with van der Waals surface area (Å²) in [6.07, 6.45) is 2.08. The molecule has 0 amide bonds. The predicted octanol–water partition coefficient (Wildman–Crippen LogP) is 4.86. The SMILES string of the molecule is C(=NCC[Se]c1ccccc1)c1c2ccccc2cc2ccccc12. The second-order valence-electron chi connectivity index (χ2n) is 5.93. The Morgan fingerprint density at radius 2 is 1.32 bits per heavy atom. The molecule has 0 radical (unpaired) electrons. The number of rotatable bonds is 5. The van der Waals surface area contributed by atoms with Crippen LogP contribution in [0.4, 0.5) is 0 Å². The van der Waals surface area contributed by atoms with Crippen molar-refractivity contribution in [3.05, 3.63) is 90.5 Å². The number of nitrogens with zero attached hydrogens (tertiary/aromatic N) is 1. The molecule has 2 heteroatoms. The van der Waals surface area contributed by atoms with E-state index in [4.69, 9.17) is 4.99 Å². The van der Waals surface area contributed by atoms with Crippen molar-refractivity contribution < 1.29 is 0 Å². The van der Waals surface area contributed by atoms with Crippen molar-refractivity contribution in [3.8, 4) is 0 Å². The summed E-state index contributed by atoms with van der Waals surface area (Å²) in [4.78, 5) is 4.75. The molecule has 0 heterocycles. The van der Waals surface area contributed by atoms with Crippen LogP contribution in [0.3, 0.4) is 0 Å². The average Bonchev–Trinajstić information content (AvgIpc) is 2.68. The molecule has 0 saturated carbocycles. The van der Waals surface area contributed by atoms with Crippen LogP contribution in [0.25, 0.3) is 21.5 Å². The van der Waals surface area contributed by atoms with Crippen LogP contribution in [0.15, 0.2) is 89.9 Å². The molecular weight excluding hydrogens is 369 g/mol. The molecule has 0 aliphatic rings.